The van der Waals surface area contributed by atoms with Crippen LogP contribution in [0, 0.1) is 17.8 Å². The number of hydrogen-bond donors (Lipinski definition) is 3. The number of amides is 1. The molecule has 1 aliphatic carbocycles. The number of hydrogen-bond acceptors (Lipinski definition) is 6. The number of aliphatic hydroxyl groups is 1. The number of Topliss-reactive ketones (excluding diaryl/α,β-unsaturated/α-hetero) is 1. The second-order valence-electron chi connectivity index (χ2n) is 10.9. The maximum absolute atomic E-state index is 13.2. The molecule has 8 atom stereocenters. The van der Waals surface area contributed by atoms with Gasteiger partial charge in [-0.25, -0.2) is 0 Å². The third kappa shape index (κ3) is 8.73. The quantitative estimate of drug-likeness (QED) is 0.270. The van der Waals surface area contributed by atoms with Gasteiger partial charge in [-0.05, 0) is 44.7 Å². The molecule has 214 valence electrons. The smallest absolute Gasteiger partial charge is 0.225 e. The van der Waals surface area contributed by atoms with E-state index >= 15 is 0 Å². The van der Waals surface area contributed by atoms with Gasteiger partial charge in [0.1, 0.15) is 5.78 Å². The summed E-state index contributed by atoms with van der Waals surface area (Å²) in [4.78, 5) is 26.5. The predicted octanol–water partition coefficient (Wildman–Crippen LogP) is 4.60. The van der Waals surface area contributed by atoms with Crippen LogP contribution in [0.3, 0.4) is 0 Å². The molecule has 1 aromatic carbocycles. The SMILES string of the molecule is CCC(C)C(NC)C(CC(=O)CC1=CCCCC1C(OC)C(C)C(=O)NC(C)C(O)c1ccccc1)OC. The standard InChI is InChI=1S/C31H50N2O5/c1-8-20(2)28(32-5)27(37-6)19-25(34)18-24-16-12-13-17-26(24)30(38-7)21(3)31(36)33-22(4)29(35)23-14-10-9-11-15-23/h9-11,14-16,20-22,26-30,32,35H,8,12-13,17-19H2,1-7H3,(H,33,36). The van der Waals surface area contributed by atoms with Gasteiger partial charge >= 0.3 is 0 Å². The molecule has 8 unspecified atom stereocenters. The first kappa shape index (κ1) is 32.2. The Bertz CT molecular complexity index is 890. The number of nitrogens with one attached hydrogen (secondary N) is 2. The number of benzene rings is 1. The molecule has 0 radical (unpaired) electrons. The van der Waals surface area contributed by atoms with E-state index in [1.54, 1.807) is 21.1 Å². The first-order valence-electron chi connectivity index (χ1n) is 14.1. The molecule has 0 aliphatic heterocycles. The minimum absolute atomic E-state index is 0.0107. The highest BCUT2D eigenvalue weighted by atomic mass is 16.5. The van der Waals surface area contributed by atoms with Gasteiger partial charge < -0.3 is 25.2 Å². The molecule has 0 heterocycles. The molecule has 7 heteroatoms. The topological polar surface area (TPSA) is 96.9 Å². The van der Waals surface area contributed by atoms with E-state index in [2.05, 4.69) is 30.6 Å². The molecular weight excluding hydrogens is 480 g/mol. The highest BCUT2D eigenvalue weighted by Gasteiger charge is 2.36. The zero-order valence-electron chi connectivity index (χ0n) is 24.4. The van der Waals surface area contributed by atoms with Crippen LogP contribution in [0.2, 0.25) is 0 Å². The summed E-state index contributed by atoms with van der Waals surface area (Å²) in [5.74, 6) is -0.0914. The summed E-state index contributed by atoms with van der Waals surface area (Å²) in [6.45, 7) is 7.99. The fourth-order valence-electron chi connectivity index (χ4n) is 5.75. The van der Waals surface area contributed by atoms with E-state index in [0.29, 0.717) is 18.8 Å². The molecule has 2 rings (SSSR count). The van der Waals surface area contributed by atoms with Crippen LogP contribution < -0.4 is 10.6 Å². The zero-order chi connectivity index (χ0) is 28.2. The number of ether oxygens (including phenoxy) is 2. The highest BCUT2D eigenvalue weighted by Crippen LogP contribution is 2.35. The molecule has 38 heavy (non-hydrogen) atoms. The number of allylic oxidation sites excluding steroid dienone is 1. The highest BCUT2D eigenvalue weighted by molar-refractivity contribution is 5.82. The van der Waals surface area contributed by atoms with Crippen LogP contribution in [0.25, 0.3) is 0 Å². The Hall–Kier alpha value is -2.06. The summed E-state index contributed by atoms with van der Waals surface area (Å²) in [6.07, 6.45) is 5.30. The van der Waals surface area contributed by atoms with E-state index in [1.807, 2.05) is 44.3 Å². The van der Waals surface area contributed by atoms with Gasteiger partial charge in [0.15, 0.2) is 0 Å². The summed E-state index contributed by atoms with van der Waals surface area (Å²) in [6, 6.07) is 8.98. The minimum Gasteiger partial charge on any atom is -0.386 e. The number of likely N-dealkylation sites (N-methyl/N-ethyl adjacent to an activating group) is 1. The van der Waals surface area contributed by atoms with Crippen LogP contribution in [0.4, 0.5) is 0 Å². The Morgan fingerprint density at radius 2 is 1.79 bits per heavy atom. The number of ketones is 1. The average molecular weight is 531 g/mol. The van der Waals surface area contributed by atoms with Crippen LogP contribution in [0.5, 0.6) is 0 Å². The lowest BCUT2D eigenvalue weighted by atomic mass is 9.77. The van der Waals surface area contributed by atoms with Crippen molar-refractivity contribution < 1.29 is 24.2 Å². The number of carbonyl (C=O) groups excluding carboxylic acids is 2. The largest absolute Gasteiger partial charge is 0.386 e. The monoisotopic (exact) mass is 530 g/mol. The van der Waals surface area contributed by atoms with E-state index in [4.69, 9.17) is 9.47 Å². The molecule has 0 fully saturated rings. The van der Waals surface area contributed by atoms with E-state index in [-0.39, 0.29) is 35.9 Å². The predicted molar refractivity (Wildman–Crippen MR) is 152 cm³/mol. The van der Waals surface area contributed by atoms with Crippen LogP contribution in [0.15, 0.2) is 42.0 Å². The van der Waals surface area contributed by atoms with Gasteiger partial charge in [0.2, 0.25) is 5.91 Å². The molecule has 0 saturated heterocycles. The minimum atomic E-state index is -0.804. The molecule has 1 amide bonds. The number of carbonyl (C=O) groups is 2. The van der Waals surface area contributed by atoms with Gasteiger partial charge in [-0.1, -0.05) is 69.2 Å². The number of aliphatic hydroxyl groups excluding tert-OH is 1. The lowest BCUT2D eigenvalue weighted by molar-refractivity contribution is -0.131. The third-order valence-electron chi connectivity index (χ3n) is 8.29. The summed E-state index contributed by atoms with van der Waals surface area (Å²) in [7, 11) is 5.22. The Morgan fingerprint density at radius 3 is 2.37 bits per heavy atom. The molecular formula is C31H50N2O5. The van der Waals surface area contributed by atoms with Crippen LogP contribution in [-0.2, 0) is 19.1 Å². The van der Waals surface area contributed by atoms with Gasteiger partial charge in [0.05, 0.1) is 30.3 Å². The Kier molecular flexibility index (Phi) is 13.7. The van der Waals surface area contributed by atoms with Crippen molar-refractivity contribution >= 4 is 11.7 Å². The Labute approximate surface area is 229 Å². The van der Waals surface area contributed by atoms with Gasteiger partial charge in [0.25, 0.3) is 0 Å². The second kappa shape index (κ2) is 16.1. The number of rotatable bonds is 16. The summed E-state index contributed by atoms with van der Waals surface area (Å²) in [5.41, 5.74) is 1.82. The molecule has 0 saturated carbocycles. The maximum Gasteiger partial charge on any atom is 0.225 e. The Balaban J connectivity index is 2.07. The number of methoxy groups -OCH3 is 2. The van der Waals surface area contributed by atoms with Crippen LogP contribution in [-0.4, -0.2) is 62.4 Å². The van der Waals surface area contributed by atoms with Crippen molar-refractivity contribution in [3.63, 3.8) is 0 Å². The lowest BCUT2D eigenvalue weighted by Gasteiger charge is -2.35. The van der Waals surface area contributed by atoms with Gasteiger partial charge in [-0.3, -0.25) is 9.59 Å². The van der Waals surface area contributed by atoms with Crippen molar-refractivity contribution in [1.82, 2.24) is 10.6 Å². The van der Waals surface area contributed by atoms with E-state index in [0.717, 1.165) is 36.8 Å². The molecule has 1 aromatic rings. The van der Waals surface area contributed by atoms with Crippen molar-refractivity contribution in [2.24, 2.45) is 17.8 Å². The molecule has 0 spiro atoms. The van der Waals surface area contributed by atoms with Gasteiger partial charge in [-0.15, -0.1) is 0 Å². The molecule has 0 aromatic heterocycles. The second-order valence-corrected chi connectivity index (χ2v) is 10.9. The molecule has 3 N–H and O–H groups in total. The van der Waals surface area contributed by atoms with Gasteiger partial charge in [-0.2, -0.15) is 0 Å². The van der Waals surface area contributed by atoms with E-state index in [1.165, 1.54) is 0 Å². The van der Waals surface area contributed by atoms with E-state index < -0.39 is 18.1 Å². The lowest BCUT2D eigenvalue weighted by Crippen LogP contribution is -2.46. The zero-order valence-corrected chi connectivity index (χ0v) is 24.4. The summed E-state index contributed by atoms with van der Waals surface area (Å²) < 4.78 is 11.6. The third-order valence-corrected chi connectivity index (χ3v) is 8.29. The van der Waals surface area contributed by atoms with Crippen molar-refractivity contribution in [2.45, 2.75) is 96.6 Å². The first-order chi connectivity index (χ1) is 18.2. The molecule has 7 nitrogen and oxygen atoms in total. The summed E-state index contributed by atoms with van der Waals surface area (Å²) >= 11 is 0. The van der Waals surface area contributed by atoms with Crippen molar-refractivity contribution in [2.75, 3.05) is 21.3 Å². The fourth-order valence-corrected chi connectivity index (χ4v) is 5.75. The van der Waals surface area contributed by atoms with Crippen LogP contribution in [0.1, 0.15) is 77.9 Å². The normalized spacial score (nSPS) is 21.4. The molecule has 0 bridgehead atoms. The average Bonchev–Trinajstić information content (AvgIpc) is 2.93. The van der Waals surface area contributed by atoms with Crippen molar-refractivity contribution in [1.29, 1.82) is 0 Å². The van der Waals surface area contributed by atoms with Crippen molar-refractivity contribution in [3.8, 4) is 0 Å². The first-order valence-corrected chi connectivity index (χ1v) is 14.1. The Morgan fingerprint density at radius 1 is 1.11 bits per heavy atom. The fraction of sp³-hybridized carbons (Fsp3) is 0.677. The molecule has 1 aliphatic rings. The van der Waals surface area contributed by atoms with Gasteiger partial charge in [0, 0.05) is 39.0 Å². The van der Waals surface area contributed by atoms with E-state index in [9.17, 15) is 14.7 Å². The van der Waals surface area contributed by atoms with Crippen molar-refractivity contribution in [3.05, 3.63) is 47.5 Å². The summed E-state index contributed by atoms with van der Waals surface area (Å²) in [5, 5.41) is 17.0. The maximum atomic E-state index is 13.2. The van der Waals surface area contributed by atoms with Crippen LogP contribution >= 0.6 is 0 Å².